The predicted octanol–water partition coefficient (Wildman–Crippen LogP) is 6.69. The van der Waals surface area contributed by atoms with E-state index in [0.717, 1.165) is 0 Å². The molecule has 2 aromatic carbocycles. The third kappa shape index (κ3) is 5.88. The molecule has 154 valence electrons. The minimum atomic E-state index is -3.83. The number of halogens is 5. The Morgan fingerprint density at radius 3 is 2.48 bits per heavy atom. The van der Waals surface area contributed by atoms with Gasteiger partial charge in [-0.3, -0.25) is 4.99 Å². The Morgan fingerprint density at radius 1 is 1.24 bits per heavy atom. The molecule has 1 atom stereocenters. The summed E-state index contributed by atoms with van der Waals surface area (Å²) < 4.78 is 29.9. The van der Waals surface area contributed by atoms with Crippen molar-refractivity contribution in [1.29, 1.82) is 0 Å². The number of ether oxygens (including phenoxy) is 1. The molecule has 2 amide bonds. The molecule has 0 saturated carbocycles. The number of amides is 2. The van der Waals surface area contributed by atoms with Crippen LogP contribution < -0.4 is 15.0 Å². The highest BCUT2D eigenvalue weighted by molar-refractivity contribution is 8.15. The number of hydrogen-bond donors (Lipinski definition) is 1. The fourth-order valence-electron chi connectivity index (χ4n) is 2.45. The average Bonchev–Trinajstić information content (AvgIpc) is 3.04. The van der Waals surface area contributed by atoms with E-state index in [4.69, 9.17) is 34.8 Å². The molecule has 0 fully saturated rings. The van der Waals surface area contributed by atoms with Gasteiger partial charge in [0.05, 0.1) is 22.3 Å². The third-order valence-corrected chi connectivity index (χ3v) is 5.57. The lowest BCUT2D eigenvalue weighted by Gasteiger charge is -2.23. The van der Waals surface area contributed by atoms with Crippen LogP contribution in [-0.2, 0) is 0 Å². The maximum atomic E-state index is 13.0. The monoisotopic (exact) mass is 479 g/mol. The third-order valence-electron chi connectivity index (χ3n) is 3.68. The molecule has 5 nitrogen and oxygen atoms in total. The second kappa shape index (κ2) is 8.95. The largest absolute Gasteiger partial charge is 0.487 e. The van der Waals surface area contributed by atoms with Crippen molar-refractivity contribution in [3.63, 3.8) is 0 Å². The summed E-state index contributed by atoms with van der Waals surface area (Å²) in [5.41, 5.74) is -2.98. The summed E-state index contributed by atoms with van der Waals surface area (Å²) in [4.78, 5) is 18.7. The molecule has 29 heavy (non-hydrogen) atoms. The second-order valence-electron chi connectivity index (χ2n) is 5.99. The highest BCUT2D eigenvalue weighted by Crippen LogP contribution is 2.31. The quantitative estimate of drug-likeness (QED) is 0.496. The number of rotatable bonds is 4. The van der Waals surface area contributed by atoms with Crippen molar-refractivity contribution in [1.82, 2.24) is 0 Å². The molecule has 1 aliphatic heterocycles. The van der Waals surface area contributed by atoms with Crippen LogP contribution in [0.15, 0.2) is 47.5 Å². The Labute approximate surface area is 185 Å². The molecule has 3 rings (SSSR count). The first-order valence-electron chi connectivity index (χ1n) is 8.25. The van der Waals surface area contributed by atoms with Gasteiger partial charge in [-0.1, -0.05) is 41.9 Å². The van der Waals surface area contributed by atoms with Gasteiger partial charge in [0.15, 0.2) is 5.17 Å². The zero-order valence-electron chi connectivity index (χ0n) is 14.8. The Bertz CT molecular complexity index is 939. The van der Waals surface area contributed by atoms with Crippen LogP contribution >= 0.6 is 46.6 Å². The van der Waals surface area contributed by atoms with E-state index in [1.807, 2.05) is 6.92 Å². The van der Waals surface area contributed by atoms with Gasteiger partial charge < -0.3 is 10.1 Å². The van der Waals surface area contributed by atoms with Crippen molar-refractivity contribution in [3.05, 3.63) is 52.5 Å². The van der Waals surface area contributed by atoms with Gasteiger partial charge in [-0.2, -0.15) is 0 Å². The average molecular weight is 481 g/mol. The van der Waals surface area contributed by atoms with Crippen LogP contribution in [0.2, 0.25) is 10.0 Å². The number of alkyl halides is 3. The maximum Gasteiger partial charge on any atom is 0.487 e. The first-order chi connectivity index (χ1) is 13.6. The fourth-order valence-corrected chi connectivity index (χ4v) is 3.79. The van der Waals surface area contributed by atoms with E-state index < -0.39 is 11.6 Å². The van der Waals surface area contributed by atoms with Crippen molar-refractivity contribution >= 4 is 69.1 Å². The molecule has 0 saturated heterocycles. The summed E-state index contributed by atoms with van der Waals surface area (Å²) in [6.45, 7) is 2.53. The van der Waals surface area contributed by atoms with Crippen molar-refractivity contribution in [2.45, 2.75) is 17.7 Å². The molecule has 0 bridgehead atoms. The molecule has 1 heterocycles. The number of thioether (sulfide) groups is 1. The molecule has 2 aromatic rings. The number of hydrogen-bond acceptors (Lipinski definition) is 4. The van der Waals surface area contributed by atoms with Crippen molar-refractivity contribution < 1.29 is 18.3 Å². The number of benzene rings is 2. The van der Waals surface area contributed by atoms with Crippen molar-refractivity contribution in [3.8, 4) is 5.75 Å². The Kier molecular flexibility index (Phi) is 6.78. The van der Waals surface area contributed by atoms with Crippen LogP contribution in [0.3, 0.4) is 0 Å². The van der Waals surface area contributed by atoms with E-state index in [2.05, 4.69) is 15.0 Å². The lowest BCUT2D eigenvalue weighted by atomic mass is 10.3. The van der Waals surface area contributed by atoms with Gasteiger partial charge >= 0.3 is 11.6 Å². The summed E-state index contributed by atoms with van der Waals surface area (Å²) >= 11 is 18.1. The molecule has 1 aliphatic rings. The smallest absolute Gasteiger partial charge is 0.420 e. The van der Waals surface area contributed by atoms with Crippen LogP contribution in [0.25, 0.3) is 0 Å². The standard InChI is InChI=1S/C18H14Cl3F2N3O2S/c1-10-9-24-17(29-10)26(12-3-5-13(6-4-12)28-18(21,22)23)16(27)25-11-2-7-14(19)15(20)8-11/h2-8,10H,9H2,1H3,(H,25,27)/t10-/m0/s1. The predicted molar refractivity (Wildman–Crippen MR) is 115 cm³/mol. The minimum Gasteiger partial charge on any atom is -0.420 e. The first-order valence-corrected chi connectivity index (χ1v) is 10.3. The molecule has 11 heteroatoms. The van der Waals surface area contributed by atoms with E-state index in [-0.39, 0.29) is 11.0 Å². The highest BCUT2D eigenvalue weighted by Gasteiger charge is 2.29. The molecule has 0 radical (unpaired) electrons. The lowest BCUT2D eigenvalue weighted by Crippen LogP contribution is -2.38. The number of carbonyl (C=O) groups is 1. The van der Waals surface area contributed by atoms with Gasteiger partial charge in [0.1, 0.15) is 5.75 Å². The minimum absolute atomic E-state index is 0.145. The number of amidine groups is 1. The van der Waals surface area contributed by atoms with Crippen LogP contribution in [0, 0.1) is 0 Å². The highest BCUT2D eigenvalue weighted by atomic mass is 35.5. The van der Waals surface area contributed by atoms with Crippen molar-refractivity contribution in [2.75, 3.05) is 16.8 Å². The SMILES string of the molecule is C[C@H]1CN=C(N(C(=O)Nc2ccc(Cl)c(Cl)c2)c2ccc(OC(F)(F)Cl)cc2)S1. The van der Waals surface area contributed by atoms with E-state index in [0.29, 0.717) is 33.1 Å². The topological polar surface area (TPSA) is 53.9 Å². The molecule has 0 unspecified atom stereocenters. The van der Waals surface area contributed by atoms with Gasteiger partial charge in [-0.25, -0.2) is 9.69 Å². The summed E-state index contributed by atoms with van der Waals surface area (Å²) in [5.74, 6) is -0.145. The number of nitrogens with zero attached hydrogens (tertiary/aromatic N) is 2. The first kappa shape index (κ1) is 22.0. The van der Waals surface area contributed by atoms with Gasteiger partial charge in [0.25, 0.3) is 0 Å². The van der Waals surface area contributed by atoms with E-state index in [9.17, 15) is 13.6 Å². The summed E-state index contributed by atoms with van der Waals surface area (Å²) in [7, 11) is 0. The molecule has 1 N–H and O–H groups in total. The molecule has 0 aromatic heterocycles. The van der Waals surface area contributed by atoms with Crippen LogP contribution in [0.4, 0.5) is 25.0 Å². The van der Waals surface area contributed by atoms with Crippen LogP contribution in [-0.4, -0.2) is 28.6 Å². The summed E-state index contributed by atoms with van der Waals surface area (Å²) in [5, 5.41) is 4.06. The molecule has 0 spiro atoms. The summed E-state index contributed by atoms with van der Waals surface area (Å²) in [6.07, 6.45) is 0. The normalized spacial score (nSPS) is 16.3. The van der Waals surface area contributed by atoms with Crippen LogP contribution in [0.5, 0.6) is 5.75 Å². The number of carbonyl (C=O) groups excluding carboxylic acids is 1. The Balaban J connectivity index is 1.86. The maximum absolute atomic E-state index is 13.0. The zero-order chi connectivity index (χ0) is 21.2. The Morgan fingerprint density at radius 2 is 1.93 bits per heavy atom. The van der Waals surface area contributed by atoms with Crippen LogP contribution in [0.1, 0.15) is 6.92 Å². The van der Waals surface area contributed by atoms with Gasteiger partial charge in [0, 0.05) is 22.5 Å². The van der Waals surface area contributed by atoms with Crippen molar-refractivity contribution in [2.24, 2.45) is 4.99 Å². The number of nitrogens with one attached hydrogen (secondary N) is 1. The van der Waals surface area contributed by atoms with Gasteiger partial charge in [-0.05, 0) is 42.5 Å². The molecular formula is C18H14Cl3F2N3O2S. The Hall–Kier alpha value is -1.74. The lowest BCUT2D eigenvalue weighted by molar-refractivity contribution is -0.0964. The number of urea groups is 1. The molecule has 0 aliphatic carbocycles. The fraction of sp³-hybridized carbons (Fsp3) is 0.222. The second-order valence-corrected chi connectivity index (χ2v) is 8.65. The number of anilines is 2. The van der Waals surface area contributed by atoms with E-state index in [1.54, 1.807) is 12.1 Å². The van der Waals surface area contributed by atoms with E-state index in [1.165, 1.54) is 47.0 Å². The van der Waals surface area contributed by atoms with Gasteiger partial charge in [0.2, 0.25) is 0 Å². The van der Waals surface area contributed by atoms with E-state index >= 15 is 0 Å². The number of aliphatic imine (C=N–C) groups is 1. The van der Waals surface area contributed by atoms with Gasteiger partial charge in [-0.15, -0.1) is 8.78 Å². The summed E-state index contributed by atoms with van der Waals surface area (Å²) in [6, 6.07) is 9.67. The molecular weight excluding hydrogens is 467 g/mol. The zero-order valence-corrected chi connectivity index (χ0v) is 17.9.